The zero-order valence-electron chi connectivity index (χ0n) is 13.8. The van der Waals surface area contributed by atoms with Crippen LogP contribution in [-0.4, -0.2) is 96.7 Å². The molecule has 4 atom stereocenters. The van der Waals surface area contributed by atoms with Crippen molar-refractivity contribution in [3.63, 3.8) is 0 Å². The molecule has 4 unspecified atom stereocenters. The van der Waals surface area contributed by atoms with Gasteiger partial charge in [-0.3, -0.25) is 0 Å². The van der Waals surface area contributed by atoms with Gasteiger partial charge in [-0.1, -0.05) is 12.8 Å². The van der Waals surface area contributed by atoms with Gasteiger partial charge in [0.1, 0.15) is 12.2 Å². The fraction of sp³-hybridized carbons (Fsp3) is 1.00. The number of rotatable bonds is 16. The average molecular weight is 340 g/mol. The van der Waals surface area contributed by atoms with Crippen molar-refractivity contribution in [2.24, 2.45) is 0 Å². The third-order valence-corrected chi connectivity index (χ3v) is 3.23. The Labute approximate surface area is 137 Å². The number of aliphatic hydroxyl groups is 5. The first-order valence-corrected chi connectivity index (χ1v) is 7.97. The van der Waals surface area contributed by atoms with Crippen LogP contribution in [-0.2, 0) is 14.2 Å². The molecule has 0 saturated heterocycles. The second-order valence-electron chi connectivity index (χ2n) is 5.56. The summed E-state index contributed by atoms with van der Waals surface area (Å²) in [5, 5.41) is 45.6. The summed E-state index contributed by atoms with van der Waals surface area (Å²) in [7, 11) is 1.49. The van der Waals surface area contributed by atoms with Crippen LogP contribution in [0.4, 0.5) is 0 Å². The van der Waals surface area contributed by atoms with Crippen LogP contribution in [0.15, 0.2) is 0 Å². The molecular formula is C15H32O8. The molecule has 0 amide bonds. The molecule has 0 aliphatic rings. The highest BCUT2D eigenvalue weighted by molar-refractivity contribution is 4.63. The molecule has 0 aromatic rings. The van der Waals surface area contributed by atoms with E-state index in [9.17, 15) is 15.3 Å². The van der Waals surface area contributed by atoms with Gasteiger partial charge in [0, 0.05) is 7.11 Å². The van der Waals surface area contributed by atoms with Crippen LogP contribution in [0, 0.1) is 0 Å². The second-order valence-corrected chi connectivity index (χ2v) is 5.56. The van der Waals surface area contributed by atoms with Crippen LogP contribution >= 0.6 is 0 Å². The van der Waals surface area contributed by atoms with Crippen LogP contribution in [0.2, 0.25) is 0 Å². The number of hydrogen-bond donors (Lipinski definition) is 5. The maximum absolute atomic E-state index is 9.60. The Morgan fingerprint density at radius 1 is 0.739 bits per heavy atom. The molecule has 0 bridgehead atoms. The molecule has 0 radical (unpaired) electrons. The Morgan fingerprint density at radius 2 is 1.39 bits per heavy atom. The van der Waals surface area contributed by atoms with Gasteiger partial charge in [0.15, 0.2) is 0 Å². The Morgan fingerprint density at radius 3 is 2.00 bits per heavy atom. The van der Waals surface area contributed by atoms with Gasteiger partial charge in [-0.2, -0.15) is 0 Å². The summed E-state index contributed by atoms with van der Waals surface area (Å²) < 4.78 is 15.7. The summed E-state index contributed by atoms with van der Waals surface area (Å²) in [6, 6.07) is 0. The first-order valence-electron chi connectivity index (χ1n) is 7.97. The molecule has 0 heterocycles. The zero-order chi connectivity index (χ0) is 17.5. The van der Waals surface area contributed by atoms with Gasteiger partial charge in [-0.15, -0.1) is 0 Å². The Bertz CT molecular complexity index is 254. The predicted octanol–water partition coefficient (Wildman–Crippen LogP) is -1.34. The summed E-state index contributed by atoms with van der Waals surface area (Å²) in [4.78, 5) is 0. The fourth-order valence-corrected chi connectivity index (χ4v) is 1.93. The lowest BCUT2D eigenvalue weighted by atomic mass is 10.1. The van der Waals surface area contributed by atoms with E-state index in [4.69, 9.17) is 24.4 Å². The van der Waals surface area contributed by atoms with E-state index in [1.165, 1.54) is 7.11 Å². The van der Waals surface area contributed by atoms with Gasteiger partial charge in [0.25, 0.3) is 0 Å². The molecule has 8 heteroatoms. The van der Waals surface area contributed by atoms with Crippen LogP contribution in [0.3, 0.4) is 0 Å². The van der Waals surface area contributed by atoms with Crippen LogP contribution in [0.25, 0.3) is 0 Å². The fourth-order valence-electron chi connectivity index (χ4n) is 1.93. The molecule has 0 aliphatic carbocycles. The van der Waals surface area contributed by atoms with Crippen LogP contribution in [0.1, 0.15) is 25.7 Å². The van der Waals surface area contributed by atoms with E-state index in [0.717, 1.165) is 12.8 Å². The normalized spacial score (nSPS) is 17.0. The maximum Gasteiger partial charge on any atom is 0.101 e. The first kappa shape index (κ1) is 22.7. The summed E-state index contributed by atoms with van der Waals surface area (Å²) in [5.74, 6) is 0. The quantitative estimate of drug-likeness (QED) is 0.218. The third kappa shape index (κ3) is 13.8. The van der Waals surface area contributed by atoms with Crippen LogP contribution < -0.4 is 0 Å². The molecule has 5 N–H and O–H groups in total. The lowest BCUT2D eigenvalue weighted by molar-refractivity contribution is -0.0788. The van der Waals surface area contributed by atoms with Crippen molar-refractivity contribution >= 4 is 0 Å². The molecule has 0 aromatic carbocycles. The van der Waals surface area contributed by atoms with Gasteiger partial charge in [0.05, 0.1) is 51.8 Å². The van der Waals surface area contributed by atoms with E-state index in [1.807, 2.05) is 0 Å². The Hall–Kier alpha value is -0.320. The van der Waals surface area contributed by atoms with Crippen molar-refractivity contribution in [3.05, 3.63) is 0 Å². The van der Waals surface area contributed by atoms with Crippen molar-refractivity contribution in [3.8, 4) is 0 Å². The minimum absolute atomic E-state index is 0.0141. The molecule has 0 aliphatic heterocycles. The SMILES string of the molecule is COCC(O)COC(CCCCC(O)CO)COCC(O)CO. The second kappa shape index (κ2) is 15.2. The standard InChI is InChI=1S/C15H32O8/c1-21-8-14(20)10-23-15(11-22-9-13(19)7-17)5-3-2-4-12(18)6-16/h12-20H,2-11H2,1H3. The van der Waals surface area contributed by atoms with Crippen molar-refractivity contribution in [2.45, 2.75) is 50.1 Å². The Balaban J connectivity index is 4.04. The molecule has 0 fully saturated rings. The highest BCUT2D eigenvalue weighted by atomic mass is 16.5. The largest absolute Gasteiger partial charge is 0.394 e. The molecule has 23 heavy (non-hydrogen) atoms. The molecule has 0 rings (SSSR count). The molecule has 0 spiro atoms. The van der Waals surface area contributed by atoms with Crippen molar-refractivity contribution in [1.82, 2.24) is 0 Å². The third-order valence-electron chi connectivity index (χ3n) is 3.23. The number of ether oxygens (including phenoxy) is 3. The van der Waals surface area contributed by atoms with E-state index in [1.54, 1.807) is 0 Å². The summed E-state index contributed by atoms with van der Waals surface area (Å²) in [6.45, 7) is -0.0644. The van der Waals surface area contributed by atoms with Gasteiger partial charge in [0.2, 0.25) is 0 Å². The predicted molar refractivity (Wildman–Crippen MR) is 83.1 cm³/mol. The van der Waals surface area contributed by atoms with Gasteiger partial charge >= 0.3 is 0 Å². The monoisotopic (exact) mass is 340 g/mol. The smallest absolute Gasteiger partial charge is 0.101 e. The molecule has 0 aromatic heterocycles. The van der Waals surface area contributed by atoms with Gasteiger partial charge < -0.3 is 39.7 Å². The van der Waals surface area contributed by atoms with Gasteiger partial charge in [-0.25, -0.2) is 0 Å². The number of aliphatic hydroxyl groups excluding tert-OH is 5. The van der Waals surface area contributed by atoms with E-state index in [0.29, 0.717) is 12.8 Å². The van der Waals surface area contributed by atoms with E-state index >= 15 is 0 Å². The Kier molecular flexibility index (Phi) is 15.0. The lowest BCUT2D eigenvalue weighted by Crippen LogP contribution is -2.29. The summed E-state index contributed by atoms with van der Waals surface area (Å²) in [6.07, 6.45) is 0.0750. The van der Waals surface area contributed by atoms with E-state index in [2.05, 4.69) is 0 Å². The summed E-state index contributed by atoms with van der Waals surface area (Å²) in [5.41, 5.74) is 0. The highest BCUT2D eigenvalue weighted by Gasteiger charge is 2.14. The van der Waals surface area contributed by atoms with E-state index < -0.39 is 18.3 Å². The lowest BCUT2D eigenvalue weighted by Gasteiger charge is -2.21. The maximum atomic E-state index is 9.60. The van der Waals surface area contributed by atoms with Crippen molar-refractivity contribution < 1.29 is 39.7 Å². The highest BCUT2D eigenvalue weighted by Crippen LogP contribution is 2.10. The first-order chi connectivity index (χ1) is 11.0. The van der Waals surface area contributed by atoms with Gasteiger partial charge in [-0.05, 0) is 12.8 Å². The molecule has 140 valence electrons. The van der Waals surface area contributed by atoms with Crippen LogP contribution in [0.5, 0.6) is 0 Å². The number of hydrogen-bond acceptors (Lipinski definition) is 8. The molecule has 0 saturated carbocycles. The molecular weight excluding hydrogens is 308 g/mol. The zero-order valence-corrected chi connectivity index (χ0v) is 13.8. The van der Waals surface area contributed by atoms with E-state index in [-0.39, 0.29) is 45.7 Å². The average Bonchev–Trinajstić information content (AvgIpc) is 2.55. The van der Waals surface area contributed by atoms with Crippen molar-refractivity contribution in [2.75, 3.05) is 46.8 Å². The minimum Gasteiger partial charge on any atom is -0.394 e. The number of methoxy groups -OCH3 is 1. The minimum atomic E-state index is -0.922. The topological polar surface area (TPSA) is 129 Å². The summed E-state index contributed by atoms with van der Waals surface area (Å²) >= 11 is 0. The van der Waals surface area contributed by atoms with Crippen molar-refractivity contribution in [1.29, 1.82) is 0 Å². The number of unbranched alkanes of at least 4 members (excludes halogenated alkanes) is 1. The molecule has 8 nitrogen and oxygen atoms in total.